The predicted molar refractivity (Wildman–Crippen MR) is 90.6 cm³/mol. The van der Waals surface area contributed by atoms with E-state index in [4.69, 9.17) is 11.6 Å². The Bertz CT molecular complexity index is 733. The second-order valence-corrected chi connectivity index (χ2v) is 7.29. The second kappa shape index (κ2) is 6.68. The average molecular weight is 390 g/mol. The minimum absolute atomic E-state index is 0.183. The third-order valence-corrected chi connectivity index (χ3v) is 4.91. The van der Waals surface area contributed by atoms with Crippen molar-refractivity contribution in [2.24, 2.45) is 0 Å². The zero-order chi connectivity index (χ0) is 15.5. The van der Waals surface area contributed by atoms with Gasteiger partial charge in [0.15, 0.2) is 0 Å². The molecule has 21 heavy (non-hydrogen) atoms. The molecule has 0 heterocycles. The average Bonchev–Trinajstić information content (AvgIpc) is 2.43. The van der Waals surface area contributed by atoms with E-state index in [1.807, 2.05) is 6.92 Å². The molecule has 0 radical (unpaired) electrons. The zero-order valence-electron chi connectivity index (χ0n) is 11.2. The van der Waals surface area contributed by atoms with Gasteiger partial charge in [-0.1, -0.05) is 27.5 Å². The minimum atomic E-state index is -3.66. The smallest absolute Gasteiger partial charge is 0.261 e. The Morgan fingerprint density at radius 1 is 1.14 bits per heavy atom. The lowest BCUT2D eigenvalue weighted by molar-refractivity contribution is 0.601. The van der Waals surface area contributed by atoms with Gasteiger partial charge in [0.05, 0.1) is 15.6 Å². The molecule has 0 spiro atoms. The van der Waals surface area contributed by atoms with E-state index in [0.29, 0.717) is 10.7 Å². The van der Waals surface area contributed by atoms with E-state index in [9.17, 15) is 8.42 Å². The molecule has 0 fully saturated rings. The zero-order valence-corrected chi connectivity index (χ0v) is 14.4. The third kappa shape index (κ3) is 4.12. The molecule has 0 aliphatic carbocycles. The molecule has 0 atom stereocenters. The van der Waals surface area contributed by atoms with Crippen molar-refractivity contribution in [3.8, 4) is 0 Å². The molecule has 2 rings (SSSR count). The van der Waals surface area contributed by atoms with Crippen molar-refractivity contribution >= 4 is 48.9 Å². The fourth-order valence-corrected chi connectivity index (χ4v) is 3.59. The van der Waals surface area contributed by atoms with Crippen LogP contribution in [0.2, 0.25) is 5.02 Å². The molecule has 112 valence electrons. The number of hydrogen-bond donors (Lipinski definition) is 2. The maximum atomic E-state index is 12.3. The van der Waals surface area contributed by atoms with E-state index in [-0.39, 0.29) is 4.90 Å². The molecule has 0 aromatic heterocycles. The first kappa shape index (κ1) is 16.1. The number of halogens is 2. The van der Waals surface area contributed by atoms with Crippen LogP contribution in [0.1, 0.15) is 6.92 Å². The lowest BCUT2D eigenvalue weighted by atomic mass is 10.3. The van der Waals surface area contributed by atoms with E-state index in [1.165, 1.54) is 0 Å². The molecule has 2 N–H and O–H groups in total. The van der Waals surface area contributed by atoms with Crippen LogP contribution in [0.5, 0.6) is 0 Å². The number of benzene rings is 2. The minimum Gasteiger partial charge on any atom is -0.385 e. The summed E-state index contributed by atoms with van der Waals surface area (Å²) in [5, 5.41) is 3.44. The van der Waals surface area contributed by atoms with Crippen molar-refractivity contribution in [2.75, 3.05) is 16.6 Å². The quantitative estimate of drug-likeness (QED) is 0.800. The summed E-state index contributed by atoms with van der Waals surface area (Å²) in [5.41, 5.74) is 1.22. The van der Waals surface area contributed by atoms with Crippen LogP contribution in [0.25, 0.3) is 0 Å². The molecular weight excluding hydrogens is 376 g/mol. The highest BCUT2D eigenvalue weighted by molar-refractivity contribution is 9.10. The number of anilines is 2. The van der Waals surface area contributed by atoms with Gasteiger partial charge in [0.1, 0.15) is 0 Å². The summed E-state index contributed by atoms with van der Waals surface area (Å²) >= 11 is 9.30. The standard InChI is InChI=1S/C14H14BrClN2O2S/c1-2-17-11-4-6-12(7-5-11)21(19,20)18-14-8-3-10(15)9-13(14)16/h3-9,17-18H,2H2,1H3. The van der Waals surface area contributed by atoms with Gasteiger partial charge in [0.2, 0.25) is 0 Å². The highest BCUT2D eigenvalue weighted by Crippen LogP contribution is 2.28. The Morgan fingerprint density at radius 3 is 2.38 bits per heavy atom. The predicted octanol–water partition coefficient (Wildman–Crippen LogP) is 4.34. The first-order chi connectivity index (χ1) is 9.92. The Labute approximate surface area is 137 Å². The van der Waals surface area contributed by atoms with Gasteiger partial charge in [-0.2, -0.15) is 0 Å². The van der Waals surface area contributed by atoms with Gasteiger partial charge in [0, 0.05) is 16.7 Å². The van der Waals surface area contributed by atoms with Crippen LogP contribution in [-0.2, 0) is 10.0 Å². The largest absolute Gasteiger partial charge is 0.385 e. The molecule has 0 saturated carbocycles. The third-order valence-electron chi connectivity index (χ3n) is 2.72. The normalized spacial score (nSPS) is 11.2. The van der Waals surface area contributed by atoms with Gasteiger partial charge in [-0.3, -0.25) is 4.72 Å². The molecule has 2 aromatic carbocycles. The monoisotopic (exact) mass is 388 g/mol. The maximum absolute atomic E-state index is 12.3. The van der Waals surface area contributed by atoms with Crippen LogP contribution < -0.4 is 10.0 Å². The summed E-state index contributed by atoms with van der Waals surface area (Å²) in [7, 11) is -3.66. The SMILES string of the molecule is CCNc1ccc(S(=O)(=O)Nc2ccc(Br)cc2Cl)cc1. The van der Waals surface area contributed by atoms with E-state index >= 15 is 0 Å². The fourth-order valence-electron chi connectivity index (χ4n) is 1.73. The van der Waals surface area contributed by atoms with Gasteiger partial charge in [-0.05, 0) is 49.4 Å². The second-order valence-electron chi connectivity index (χ2n) is 4.28. The van der Waals surface area contributed by atoms with E-state index in [2.05, 4.69) is 26.0 Å². The van der Waals surface area contributed by atoms with Crippen molar-refractivity contribution in [2.45, 2.75) is 11.8 Å². The van der Waals surface area contributed by atoms with Crippen molar-refractivity contribution in [1.29, 1.82) is 0 Å². The Morgan fingerprint density at radius 2 is 1.81 bits per heavy atom. The summed E-state index contributed by atoms with van der Waals surface area (Å²) in [6.45, 7) is 2.75. The van der Waals surface area contributed by atoms with Crippen LogP contribution in [-0.4, -0.2) is 15.0 Å². The maximum Gasteiger partial charge on any atom is 0.261 e. The molecule has 0 aliphatic rings. The Balaban J connectivity index is 2.25. The van der Waals surface area contributed by atoms with Crippen LogP contribution in [0.4, 0.5) is 11.4 Å². The van der Waals surface area contributed by atoms with Crippen molar-refractivity contribution < 1.29 is 8.42 Å². The molecule has 2 aromatic rings. The van der Waals surface area contributed by atoms with Crippen molar-refractivity contribution in [3.05, 3.63) is 52.0 Å². The molecule has 7 heteroatoms. The van der Waals surface area contributed by atoms with Gasteiger partial charge in [0.25, 0.3) is 10.0 Å². The summed E-state index contributed by atoms with van der Waals surface area (Å²) in [4.78, 5) is 0.183. The molecule has 4 nitrogen and oxygen atoms in total. The Kier molecular flexibility index (Phi) is 5.13. The molecule has 0 saturated heterocycles. The number of hydrogen-bond acceptors (Lipinski definition) is 3. The Hall–Kier alpha value is -1.24. The molecule has 0 amide bonds. The summed E-state index contributed by atoms with van der Waals surface area (Å²) in [5.74, 6) is 0. The van der Waals surface area contributed by atoms with Gasteiger partial charge in [-0.15, -0.1) is 0 Å². The summed E-state index contributed by atoms with van der Waals surface area (Å²) < 4.78 is 27.9. The fraction of sp³-hybridized carbons (Fsp3) is 0.143. The number of rotatable bonds is 5. The van der Waals surface area contributed by atoms with Gasteiger partial charge >= 0.3 is 0 Å². The highest BCUT2D eigenvalue weighted by Gasteiger charge is 2.15. The van der Waals surface area contributed by atoms with Crippen LogP contribution >= 0.6 is 27.5 Å². The molecule has 0 unspecified atom stereocenters. The summed E-state index contributed by atoms with van der Waals surface area (Å²) in [6, 6.07) is 11.5. The van der Waals surface area contributed by atoms with E-state index < -0.39 is 10.0 Å². The van der Waals surface area contributed by atoms with E-state index in [1.54, 1.807) is 42.5 Å². The lowest BCUT2D eigenvalue weighted by Crippen LogP contribution is -2.13. The number of nitrogens with one attached hydrogen (secondary N) is 2. The lowest BCUT2D eigenvalue weighted by Gasteiger charge is -2.10. The van der Waals surface area contributed by atoms with Crippen LogP contribution in [0.3, 0.4) is 0 Å². The molecule has 0 bridgehead atoms. The van der Waals surface area contributed by atoms with Gasteiger partial charge < -0.3 is 5.32 Å². The molecule has 0 aliphatic heterocycles. The van der Waals surface area contributed by atoms with Crippen LogP contribution in [0.15, 0.2) is 51.8 Å². The highest BCUT2D eigenvalue weighted by atomic mass is 79.9. The van der Waals surface area contributed by atoms with Crippen molar-refractivity contribution in [1.82, 2.24) is 0 Å². The van der Waals surface area contributed by atoms with E-state index in [0.717, 1.165) is 16.7 Å². The van der Waals surface area contributed by atoms with Crippen molar-refractivity contribution in [3.63, 3.8) is 0 Å². The van der Waals surface area contributed by atoms with Crippen LogP contribution in [0, 0.1) is 0 Å². The topological polar surface area (TPSA) is 58.2 Å². The summed E-state index contributed by atoms with van der Waals surface area (Å²) in [6.07, 6.45) is 0. The van der Waals surface area contributed by atoms with Gasteiger partial charge in [-0.25, -0.2) is 8.42 Å². The first-order valence-corrected chi connectivity index (χ1v) is 8.89. The molecular formula is C14H14BrClN2O2S. The first-order valence-electron chi connectivity index (χ1n) is 6.24. The number of sulfonamides is 1.